The van der Waals surface area contributed by atoms with Crippen molar-refractivity contribution in [1.29, 1.82) is 0 Å². The van der Waals surface area contributed by atoms with Gasteiger partial charge in [0.15, 0.2) is 0 Å². The van der Waals surface area contributed by atoms with E-state index in [1.54, 1.807) is 0 Å². The van der Waals surface area contributed by atoms with E-state index in [1.807, 2.05) is 19.1 Å². The van der Waals surface area contributed by atoms with E-state index in [9.17, 15) is 0 Å². The van der Waals surface area contributed by atoms with Gasteiger partial charge in [-0.3, -0.25) is 0 Å². The lowest BCUT2D eigenvalue weighted by atomic mass is 10.1. The normalized spacial score (nSPS) is 14.2. The van der Waals surface area contributed by atoms with Crippen molar-refractivity contribution in [1.82, 2.24) is 4.90 Å². The molecule has 0 aliphatic rings. The van der Waals surface area contributed by atoms with Crippen LogP contribution in [0.25, 0.3) is 0 Å². The molecular formula is C13H22Cl2N2. The molecule has 17 heavy (non-hydrogen) atoms. The largest absolute Gasteiger partial charge is 0.327 e. The number of benzene rings is 1. The van der Waals surface area contributed by atoms with Gasteiger partial charge in [0.1, 0.15) is 0 Å². The Bertz CT molecular complexity index is 312. The summed E-state index contributed by atoms with van der Waals surface area (Å²) >= 11 is 5.85. The maximum Gasteiger partial charge on any atom is 0.0406 e. The van der Waals surface area contributed by atoms with E-state index >= 15 is 0 Å². The minimum Gasteiger partial charge on any atom is -0.327 e. The molecule has 1 rings (SSSR count). The highest BCUT2D eigenvalue weighted by molar-refractivity contribution is 6.30. The summed E-state index contributed by atoms with van der Waals surface area (Å²) in [5.74, 6) is 0. The smallest absolute Gasteiger partial charge is 0.0406 e. The molecule has 98 valence electrons. The van der Waals surface area contributed by atoms with Crippen LogP contribution in [0, 0.1) is 0 Å². The molecule has 0 saturated carbocycles. The predicted molar refractivity (Wildman–Crippen MR) is 78.1 cm³/mol. The number of likely N-dealkylation sites (N-methyl/N-ethyl adjacent to an activating group) is 1. The average molecular weight is 277 g/mol. The van der Waals surface area contributed by atoms with Crippen LogP contribution in [0.4, 0.5) is 0 Å². The molecule has 0 aromatic heterocycles. The molecule has 0 aliphatic heterocycles. The van der Waals surface area contributed by atoms with Crippen molar-refractivity contribution in [3.8, 4) is 0 Å². The molecule has 0 saturated heterocycles. The second-order valence-electron chi connectivity index (χ2n) is 4.60. The van der Waals surface area contributed by atoms with Crippen LogP contribution in [0.5, 0.6) is 0 Å². The molecule has 0 amide bonds. The summed E-state index contributed by atoms with van der Waals surface area (Å²) in [7, 11) is 2.12. The van der Waals surface area contributed by atoms with Crippen LogP contribution in [0.1, 0.15) is 19.4 Å². The summed E-state index contributed by atoms with van der Waals surface area (Å²) < 4.78 is 0. The van der Waals surface area contributed by atoms with Gasteiger partial charge in [-0.15, -0.1) is 12.4 Å². The molecule has 0 heterocycles. The Morgan fingerprint density at radius 2 is 1.76 bits per heavy atom. The van der Waals surface area contributed by atoms with Crippen molar-refractivity contribution in [2.45, 2.75) is 32.4 Å². The predicted octanol–water partition coefficient (Wildman–Crippen LogP) is 2.97. The van der Waals surface area contributed by atoms with E-state index in [-0.39, 0.29) is 18.4 Å². The number of halogens is 2. The lowest BCUT2D eigenvalue weighted by Gasteiger charge is -2.26. The van der Waals surface area contributed by atoms with E-state index in [0.717, 1.165) is 18.0 Å². The van der Waals surface area contributed by atoms with Gasteiger partial charge in [-0.1, -0.05) is 23.7 Å². The molecule has 2 N–H and O–H groups in total. The molecule has 2 unspecified atom stereocenters. The van der Waals surface area contributed by atoms with Gasteiger partial charge in [0.25, 0.3) is 0 Å². The van der Waals surface area contributed by atoms with E-state index in [2.05, 4.69) is 31.0 Å². The Balaban J connectivity index is 0.00000256. The van der Waals surface area contributed by atoms with Gasteiger partial charge in [0, 0.05) is 23.7 Å². The van der Waals surface area contributed by atoms with Gasteiger partial charge in [-0.2, -0.15) is 0 Å². The zero-order chi connectivity index (χ0) is 12.1. The number of nitrogens with zero attached hydrogens (tertiary/aromatic N) is 1. The van der Waals surface area contributed by atoms with E-state index in [4.69, 9.17) is 17.3 Å². The lowest BCUT2D eigenvalue weighted by molar-refractivity contribution is 0.245. The first kappa shape index (κ1) is 16.7. The summed E-state index contributed by atoms with van der Waals surface area (Å²) in [4.78, 5) is 2.29. The first-order chi connectivity index (χ1) is 7.49. The molecule has 0 fully saturated rings. The number of nitrogens with two attached hydrogens (primary N) is 1. The Morgan fingerprint density at radius 3 is 2.24 bits per heavy atom. The second-order valence-corrected chi connectivity index (χ2v) is 5.03. The second kappa shape index (κ2) is 7.93. The molecule has 1 aromatic rings. The molecule has 0 radical (unpaired) electrons. The molecule has 2 atom stereocenters. The monoisotopic (exact) mass is 276 g/mol. The van der Waals surface area contributed by atoms with Crippen molar-refractivity contribution in [3.63, 3.8) is 0 Å². The minimum absolute atomic E-state index is 0. The van der Waals surface area contributed by atoms with Crippen LogP contribution in [-0.2, 0) is 6.42 Å². The van der Waals surface area contributed by atoms with Gasteiger partial charge in [-0.25, -0.2) is 0 Å². The van der Waals surface area contributed by atoms with E-state index in [1.165, 1.54) is 5.56 Å². The van der Waals surface area contributed by atoms with Gasteiger partial charge in [-0.05, 0) is 45.0 Å². The minimum atomic E-state index is 0. The quantitative estimate of drug-likeness (QED) is 0.896. The van der Waals surface area contributed by atoms with Gasteiger partial charge in [0.2, 0.25) is 0 Å². The summed E-state index contributed by atoms with van der Waals surface area (Å²) in [6.07, 6.45) is 1.03. The van der Waals surface area contributed by atoms with Crippen LogP contribution in [0.15, 0.2) is 24.3 Å². The van der Waals surface area contributed by atoms with Crippen LogP contribution < -0.4 is 5.73 Å². The number of hydrogen-bond acceptors (Lipinski definition) is 2. The zero-order valence-electron chi connectivity index (χ0n) is 10.7. The van der Waals surface area contributed by atoms with Crippen LogP contribution in [0.3, 0.4) is 0 Å². The van der Waals surface area contributed by atoms with Gasteiger partial charge in [0.05, 0.1) is 0 Å². The molecule has 0 spiro atoms. The Morgan fingerprint density at radius 1 is 1.24 bits per heavy atom. The van der Waals surface area contributed by atoms with Crippen molar-refractivity contribution >= 4 is 24.0 Å². The van der Waals surface area contributed by atoms with Crippen LogP contribution in [-0.4, -0.2) is 30.6 Å². The fourth-order valence-corrected chi connectivity index (χ4v) is 1.88. The maximum atomic E-state index is 5.85. The fraction of sp³-hybridized carbons (Fsp3) is 0.538. The summed E-state index contributed by atoms with van der Waals surface area (Å²) in [6, 6.07) is 8.76. The molecular weight excluding hydrogens is 255 g/mol. The van der Waals surface area contributed by atoms with Crippen molar-refractivity contribution < 1.29 is 0 Å². The first-order valence-electron chi connectivity index (χ1n) is 5.69. The highest BCUT2D eigenvalue weighted by Gasteiger charge is 2.11. The van der Waals surface area contributed by atoms with Crippen molar-refractivity contribution in [2.75, 3.05) is 13.6 Å². The standard InChI is InChI=1S/C13H21ClN2.ClH/c1-10(15)9-16(3)11(2)8-12-4-6-13(14)7-5-12;/h4-7,10-11H,8-9,15H2,1-3H3;1H. The van der Waals surface area contributed by atoms with Gasteiger partial charge < -0.3 is 10.6 Å². The Labute approximate surface area is 116 Å². The third kappa shape index (κ3) is 6.27. The number of hydrogen-bond donors (Lipinski definition) is 1. The summed E-state index contributed by atoms with van der Waals surface area (Å²) in [5, 5.41) is 0.792. The van der Waals surface area contributed by atoms with Crippen molar-refractivity contribution in [3.05, 3.63) is 34.9 Å². The SMILES string of the molecule is CC(N)CN(C)C(C)Cc1ccc(Cl)cc1.Cl. The lowest BCUT2D eigenvalue weighted by Crippen LogP contribution is -2.39. The third-order valence-corrected chi connectivity index (χ3v) is 3.02. The highest BCUT2D eigenvalue weighted by atomic mass is 35.5. The van der Waals surface area contributed by atoms with Crippen LogP contribution >= 0.6 is 24.0 Å². The molecule has 1 aromatic carbocycles. The van der Waals surface area contributed by atoms with E-state index < -0.39 is 0 Å². The summed E-state index contributed by atoms with van der Waals surface area (Å²) in [6.45, 7) is 5.18. The molecule has 2 nitrogen and oxygen atoms in total. The topological polar surface area (TPSA) is 29.3 Å². The molecule has 4 heteroatoms. The Kier molecular flexibility index (Phi) is 7.80. The highest BCUT2D eigenvalue weighted by Crippen LogP contribution is 2.12. The van der Waals surface area contributed by atoms with Gasteiger partial charge >= 0.3 is 0 Å². The molecule has 0 bridgehead atoms. The fourth-order valence-electron chi connectivity index (χ4n) is 1.75. The maximum absolute atomic E-state index is 5.85. The van der Waals surface area contributed by atoms with Crippen molar-refractivity contribution in [2.24, 2.45) is 5.73 Å². The Hall–Kier alpha value is -0.280. The van der Waals surface area contributed by atoms with Crippen LogP contribution in [0.2, 0.25) is 5.02 Å². The zero-order valence-corrected chi connectivity index (χ0v) is 12.3. The van der Waals surface area contributed by atoms with E-state index in [0.29, 0.717) is 6.04 Å². The third-order valence-electron chi connectivity index (χ3n) is 2.77. The average Bonchev–Trinajstić information content (AvgIpc) is 2.20. The molecule has 0 aliphatic carbocycles. The summed E-state index contributed by atoms with van der Waals surface area (Å²) in [5.41, 5.74) is 7.10. The number of rotatable bonds is 5. The first-order valence-corrected chi connectivity index (χ1v) is 6.07.